The monoisotopic (exact) mass is 333 g/mol. The molecule has 0 radical (unpaired) electrons. The summed E-state index contributed by atoms with van der Waals surface area (Å²) in [5, 5.41) is 13.5. The average molecular weight is 333 g/mol. The first-order chi connectivity index (χ1) is 11.5. The molecule has 7 nitrogen and oxygen atoms in total. The Morgan fingerprint density at radius 2 is 2.33 bits per heavy atom. The van der Waals surface area contributed by atoms with Crippen LogP contribution in [0.25, 0.3) is 0 Å². The number of carbonyl (C=O) groups is 1. The van der Waals surface area contributed by atoms with Gasteiger partial charge in [-0.3, -0.25) is 4.79 Å². The third kappa shape index (κ3) is 4.08. The lowest BCUT2D eigenvalue weighted by molar-refractivity contribution is -0.123. The SMILES string of the molecule is O=C(Cn1ccnc1)NC[C@@]1(O)CCCN(c2ccc(F)cn2)C1. The molecule has 0 aromatic carbocycles. The number of β-amino-alcohol motifs (C(OH)–C–C–N with tert-alkyl or cyclic N) is 1. The van der Waals surface area contributed by atoms with Gasteiger partial charge in [0.1, 0.15) is 18.2 Å². The van der Waals surface area contributed by atoms with Crippen LogP contribution in [0.4, 0.5) is 10.2 Å². The number of rotatable bonds is 5. The molecule has 1 aliphatic heterocycles. The lowest BCUT2D eigenvalue weighted by atomic mass is 9.92. The number of aromatic nitrogens is 3. The van der Waals surface area contributed by atoms with Crippen LogP contribution >= 0.6 is 0 Å². The van der Waals surface area contributed by atoms with Gasteiger partial charge in [0.25, 0.3) is 0 Å². The van der Waals surface area contributed by atoms with Crippen LogP contribution in [0.1, 0.15) is 12.8 Å². The zero-order chi connectivity index (χ0) is 17.0. The van der Waals surface area contributed by atoms with E-state index in [1.807, 2.05) is 4.90 Å². The van der Waals surface area contributed by atoms with Gasteiger partial charge in [-0.25, -0.2) is 14.4 Å². The molecule has 2 N–H and O–H groups in total. The molecule has 1 saturated heterocycles. The first kappa shape index (κ1) is 16.4. The molecule has 1 amide bonds. The molecular weight excluding hydrogens is 313 g/mol. The van der Waals surface area contributed by atoms with E-state index in [1.54, 1.807) is 29.4 Å². The van der Waals surface area contributed by atoms with Crippen molar-refractivity contribution in [2.75, 3.05) is 24.5 Å². The van der Waals surface area contributed by atoms with E-state index < -0.39 is 11.4 Å². The van der Waals surface area contributed by atoms with Crippen molar-refractivity contribution in [2.45, 2.75) is 25.0 Å². The summed E-state index contributed by atoms with van der Waals surface area (Å²) in [6, 6.07) is 2.95. The van der Waals surface area contributed by atoms with E-state index in [0.717, 1.165) is 19.2 Å². The number of hydrogen-bond donors (Lipinski definition) is 2. The number of carbonyl (C=O) groups excluding carboxylic acids is 1. The van der Waals surface area contributed by atoms with Crippen LogP contribution in [0.5, 0.6) is 0 Å². The number of anilines is 1. The van der Waals surface area contributed by atoms with Gasteiger partial charge >= 0.3 is 0 Å². The number of pyridine rings is 1. The van der Waals surface area contributed by atoms with Crippen LogP contribution in [-0.2, 0) is 11.3 Å². The molecular formula is C16H20FN5O2. The maximum absolute atomic E-state index is 13.0. The van der Waals surface area contributed by atoms with Crippen LogP contribution in [0.2, 0.25) is 0 Å². The first-order valence-corrected chi connectivity index (χ1v) is 7.85. The number of aliphatic hydroxyl groups is 1. The minimum Gasteiger partial charge on any atom is -0.386 e. The summed E-state index contributed by atoms with van der Waals surface area (Å²) < 4.78 is 14.6. The molecule has 3 rings (SSSR count). The van der Waals surface area contributed by atoms with E-state index in [4.69, 9.17) is 0 Å². The first-order valence-electron chi connectivity index (χ1n) is 7.85. The van der Waals surface area contributed by atoms with Crippen LogP contribution in [-0.4, -0.2) is 50.8 Å². The topological polar surface area (TPSA) is 83.3 Å². The van der Waals surface area contributed by atoms with Crippen molar-refractivity contribution in [3.8, 4) is 0 Å². The van der Waals surface area contributed by atoms with Crippen LogP contribution in [0, 0.1) is 5.82 Å². The molecule has 0 bridgehead atoms. The van der Waals surface area contributed by atoms with Gasteiger partial charge in [-0.15, -0.1) is 0 Å². The number of nitrogens with zero attached hydrogens (tertiary/aromatic N) is 4. The summed E-state index contributed by atoms with van der Waals surface area (Å²) in [6.45, 7) is 1.42. The smallest absolute Gasteiger partial charge is 0.240 e. The highest BCUT2D eigenvalue weighted by Gasteiger charge is 2.34. The molecule has 128 valence electrons. The molecule has 0 spiro atoms. The summed E-state index contributed by atoms with van der Waals surface area (Å²) in [4.78, 5) is 21.8. The zero-order valence-electron chi connectivity index (χ0n) is 13.2. The van der Waals surface area contributed by atoms with Crippen LogP contribution < -0.4 is 10.2 Å². The number of halogens is 1. The van der Waals surface area contributed by atoms with Crippen molar-refractivity contribution in [3.63, 3.8) is 0 Å². The predicted octanol–water partition coefficient (Wildman–Crippen LogP) is 0.565. The van der Waals surface area contributed by atoms with Crippen molar-refractivity contribution in [1.82, 2.24) is 19.9 Å². The molecule has 3 heterocycles. The molecule has 0 aliphatic carbocycles. The van der Waals surface area contributed by atoms with Gasteiger partial charge in [0, 0.05) is 32.0 Å². The van der Waals surface area contributed by atoms with Gasteiger partial charge in [0.15, 0.2) is 0 Å². The Bertz CT molecular complexity index is 676. The van der Waals surface area contributed by atoms with Gasteiger partial charge in [-0.2, -0.15) is 0 Å². The van der Waals surface area contributed by atoms with Gasteiger partial charge < -0.3 is 19.9 Å². The van der Waals surface area contributed by atoms with Gasteiger partial charge in [-0.05, 0) is 25.0 Å². The predicted molar refractivity (Wildman–Crippen MR) is 85.8 cm³/mol. The van der Waals surface area contributed by atoms with Crippen molar-refractivity contribution in [3.05, 3.63) is 42.9 Å². The van der Waals surface area contributed by atoms with Crippen molar-refractivity contribution in [1.29, 1.82) is 0 Å². The standard InChI is InChI=1S/C16H20FN5O2/c17-13-2-3-14(19-8-13)22-6-1-4-16(24,11-22)10-20-15(23)9-21-7-5-18-12-21/h2-3,5,7-8,12,24H,1,4,6,9-11H2,(H,20,23)/t16-/m0/s1. The Hall–Kier alpha value is -2.48. The molecule has 1 aliphatic rings. The van der Waals surface area contributed by atoms with E-state index in [1.165, 1.54) is 6.07 Å². The number of hydrogen-bond acceptors (Lipinski definition) is 5. The number of nitrogens with one attached hydrogen (secondary N) is 1. The second-order valence-electron chi connectivity index (χ2n) is 6.10. The maximum Gasteiger partial charge on any atom is 0.240 e. The van der Waals surface area contributed by atoms with Gasteiger partial charge in [0.2, 0.25) is 5.91 Å². The van der Waals surface area contributed by atoms with E-state index in [-0.39, 0.29) is 19.0 Å². The van der Waals surface area contributed by atoms with Gasteiger partial charge in [-0.1, -0.05) is 0 Å². The van der Waals surface area contributed by atoms with E-state index in [0.29, 0.717) is 18.8 Å². The Balaban J connectivity index is 1.56. The molecule has 2 aromatic heterocycles. The average Bonchev–Trinajstić information content (AvgIpc) is 3.07. The fourth-order valence-electron chi connectivity index (χ4n) is 2.87. The fourth-order valence-corrected chi connectivity index (χ4v) is 2.87. The minimum atomic E-state index is -1.03. The summed E-state index contributed by atoms with van der Waals surface area (Å²) in [7, 11) is 0. The Labute approximate surface area is 139 Å². The number of imidazole rings is 1. The lowest BCUT2D eigenvalue weighted by Gasteiger charge is -2.39. The summed E-state index contributed by atoms with van der Waals surface area (Å²) in [5.41, 5.74) is -1.03. The largest absolute Gasteiger partial charge is 0.386 e. The second-order valence-corrected chi connectivity index (χ2v) is 6.10. The van der Waals surface area contributed by atoms with Crippen molar-refractivity contribution in [2.24, 2.45) is 0 Å². The third-order valence-electron chi connectivity index (χ3n) is 4.09. The molecule has 0 unspecified atom stereocenters. The normalized spacial score (nSPS) is 20.8. The Morgan fingerprint density at radius 1 is 1.46 bits per heavy atom. The molecule has 1 fully saturated rings. The maximum atomic E-state index is 13.0. The highest BCUT2D eigenvalue weighted by atomic mass is 19.1. The van der Waals surface area contributed by atoms with Crippen molar-refractivity contribution < 1.29 is 14.3 Å². The van der Waals surface area contributed by atoms with Gasteiger partial charge in [0.05, 0.1) is 18.1 Å². The quantitative estimate of drug-likeness (QED) is 0.836. The molecule has 24 heavy (non-hydrogen) atoms. The Kier molecular flexibility index (Phi) is 4.75. The molecule has 1 atom stereocenters. The summed E-state index contributed by atoms with van der Waals surface area (Å²) >= 11 is 0. The molecule has 0 saturated carbocycles. The highest BCUT2D eigenvalue weighted by Crippen LogP contribution is 2.24. The van der Waals surface area contributed by atoms with Crippen molar-refractivity contribution >= 4 is 11.7 Å². The second kappa shape index (κ2) is 6.96. The zero-order valence-corrected chi connectivity index (χ0v) is 13.2. The Morgan fingerprint density at radius 3 is 3.04 bits per heavy atom. The number of piperidine rings is 1. The van der Waals surface area contributed by atoms with E-state index in [2.05, 4.69) is 15.3 Å². The summed E-state index contributed by atoms with van der Waals surface area (Å²) in [6.07, 6.45) is 7.40. The number of amides is 1. The fraction of sp³-hybridized carbons (Fsp3) is 0.438. The lowest BCUT2D eigenvalue weighted by Crippen LogP contribution is -2.54. The minimum absolute atomic E-state index is 0.165. The van der Waals surface area contributed by atoms with Crippen LogP contribution in [0.15, 0.2) is 37.1 Å². The van der Waals surface area contributed by atoms with Crippen LogP contribution in [0.3, 0.4) is 0 Å². The summed E-state index contributed by atoms with van der Waals surface area (Å²) in [5.74, 6) is 0.0514. The van der Waals surface area contributed by atoms with E-state index in [9.17, 15) is 14.3 Å². The highest BCUT2D eigenvalue weighted by molar-refractivity contribution is 5.75. The molecule has 2 aromatic rings. The van der Waals surface area contributed by atoms with E-state index >= 15 is 0 Å². The molecule has 8 heteroatoms. The third-order valence-corrected chi connectivity index (χ3v) is 4.09.